The third-order valence-electron chi connectivity index (χ3n) is 8.95. The van der Waals surface area contributed by atoms with Crippen LogP contribution in [0.4, 0.5) is 0 Å². The largest absolute Gasteiger partial charge is 0.465 e. The van der Waals surface area contributed by atoms with Crippen LogP contribution in [0, 0.1) is 16.7 Å². The number of ether oxygens (including phenoxy) is 4. The maximum absolute atomic E-state index is 13.0. The summed E-state index contributed by atoms with van der Waals surface area (Å²) in [5, 5.41) is 0. The zero-order valence-corrected chi connectivity index (χ0v) is 23.1. The maximum atomic E-state index is 13.0. The molecule has 200 valence electrons. The molecule has 3 aliphatic rings. The zero-order valence-electron chi connectivity index (χ0n) is 23.1. The first kappa shape index (κ1) is 28.2. The third kappa shape index (κ3) is 4.55. The zero-order chi connectivity index (χ0) is 27.1. The monoisotopic (exact) mass is 502 g/mol. The van der Waals surface area contributed by atoms with Crippen LogP contribution in [-0.2, 0) is 33.3 Å². The van der Waals surface area contributed by atoms with E-state index in [0.717, 1.165) is 12.0 Å². The van der Waals surface area contributed by atoms with Crippen molar-refractivity contribution < 1.29 is 33.3 Å². The molecule has 0 aromatic heterocycles. The van der Waals surface area contributed by atoms with E-state index in [1.807, 2.05) is 26.8 Å². The van der Waals surface area contributed by atoms with Gasteiger partial charge in [0.15, 0.2) is 0 Å². The number of fused-ring (bicyclic) bond motifs is 2. The Morgan fingerprint density at radius 3 is 2.31 bits per heavy atom. The van der Waals surface area contributed by atoms with Gasteiger partial charge in [-0.3, -0.25) is 9.59 Å². The molecule has 2 fully saturated rings. The predicted octanol–water partition coefficient (Wildman–Crippen LogP) is 5.24. The Kier molecular flexibility index (Phi) is 7.67. The molecule has 0 aromatic rings. The van der Waals surface area contributed by atoms with Crippen molar-refractivity contribution in [3.63, 3.8) is 0 Å². The van der Waals surface area contributed by atoms with Gasteiger partial charge in [-0.1, -0.05) is 32.1 Å². The lowest BCUT2D eigenvalue weighted by atomic mass is 9.44. The first-order chi connectivity index (χ1) is 16.7. The summed E-state index contributed by atoms with van der Waals surface area (Å²) in [6, 6.07) is 0. The molecule has 7 heteroatoms. The quantitative estimate of drug-likeness (QED) is 0.212. The summed E-state index contributed by atoms with van der Waals surface area (Å²) in [5.41, 5.74) is -1.10. The molecule has 0 unspecified atom stereocenters. The fraction of sp³-hybridized carbons (Fsp3) is 0.690. The fourth-order valence-corrected chi connectivity index (χ4v) is 6.89. The Hall–Kier alpha value is -2.41. The predicted molar refractivity (Wildman–Crippen MR) is 136 cm³/mol. The minimum atomic E-state index is -0.757. The molecule has 7 nitrogen and oxygen atoms in total. The molecule has 0 radical (unpaired) electrons. The fourth-order valence-electron chi connectivity index (χ4n) is 6.89. The molecule has 1 aliphatic heterocycles. The molecule has 1 spiro atoms. The minimum Gasteiger partial charge on any atom is -0.465 e. The van der Waals surface area contributed by atoms with Crippen molar-refractivity contribution >= 4 is 17.9 Å². The maximum Gasteiger partial charge on any atom is 0.333 e. The molecule has 0 bridgehead atoms. The normalized spacial score (nSPS) is 37.5. The van der Waals surface area contributed by atoms with Gasteiger partial charge in [0.1, 0.15) is 18.8 Å². The van der Waals surface area contributed by atoms with Crippen LogP contribution in [0.1, 0.15) is 81.1 Å². The molecule has 1 saturated carbocycles. The van der Waals surface area contributed by atoms with E-state index in [1.165, 1.54) is 13.8 Å². The summed E-state index contributed by atoms with van der Waals surface area (Å²) in [6.45, 7) is 18.5. The number of esters is 3. The molecule has 2 aliphatic carbocycles. The number of carbonyl (C=O) groups is 3. The van der Waals surface area contributed by atoms with Crippen molar-refractivity contribution in [2.45, 2.75) is 104 Å². The van der Waals surface area contributed by atoms with E-state index in [0.29, 0.717) is 24.8 Å². The van der Waals surface area contributed by atoms with Crippen molar-refractivity contribution in [3.05, 3.63) is 36.0 Å². The number of hydrogen-bond donors (Lipinski definition) is 0. The standard InChI is InChI=1S/C29H42O7/c1-10-18(3)25(32)35-22-16-28(17-33-20(5)30)23(26(7,8)24(22)34-21(6)31)13-12-19(4)29(28)15-14-27(9,11-2)36-29/h10-12,22-24H,2,13-17H2,1,3-9H3/b18-10-/t22-,23-,24-,27+,28-,29-/m1/s1. The van der Waals surface area contributed by atoms with Crippen LogP contribution in [0.2, 0.25) is 0 Å². The smallest absolute Gasteiger partial charge is 0.333 e. The summed E-state index contributed by atoms with van der Waals surface area (Å²) in [5.74, 6) is -1.36. The van der Waals surface area contributed by atoms with Crippen LogP contribution in [-0.4, -0.2) is 47.9 Å². The van der Waals surface area contributed by atoms with Gasteiger partial charge in [-0.25, -0.2) is 4.79 Å². The van der Waals surface area contributed by atoms with Gasteiger partial charge in [0.05, 0.1) is 11.2 Å². The van der Waals surface area contributed by atoms with Crippen LogP contribution in [0.5, 0.6) is 0 Å². The third-order valence-corrected chi connectivity index (χ3v) is 8.95. The Morgan fingerprint density at radius 1 is 1.11 bits per heavy atom. The number of hydrogen-bond acceptors (Lipinski definition) is 7. The van der Waals surface area contributed by atoms with Gasteiger partial charge in [-0.15, -0.1) is 6.58 Å². The average molecular weight is 503 g/mol. The van der Waals surface area contributed by atoms with E-state index in [9.17, 15) is 14.4 Å². The van der Waals surface area contributed by atoms with Gasteiger partial charge in [0.2, 0.25) is 0 Å². The Bertz CT molecular complexity index is 992. The van der Waals surface area contributed by atoms with Crippen LogP contribution < -0.4 is 0 Å². The molecular weight excluding hydrogens is 460 g/mol. The second-order valence-corrected chi connectivity index (χ2v) is 11.5. The second-order valence-electron chi connectivity index (χ2n) is 11.5. The molecule has 6 atom stereocenters. The highest BCUT2D eigenvalue weighted by molar-refractivity contribution is 5.87. The summed E-state index contributed by atoms with van der Waals surface area (Å²) in [7, 11) is 0. The molecule has 1 saturated heterocycles. The molecule has 1 heterocycles. The lowest BCUT2D eigenvalue weighted by molar-refractivity contribution is -0.257. The van der Waals surface area contributed by atoms with Gasteiger partial charge >= 0.3 is 17.9 Å². The minimum absolute atomic E-state index is 0.0812. The van der Waals surface area contributed by atoms with E-state index in [2.05, 4.69) is 19.6 Å². The van der Waals surface area contributed by atoms with E-state index in [1.54, 1.807) is 19.9 Å². The Labute approximate surface area is 215 Å². The summed E-state index contributed by atoms with van der Waals surface area (Å²) < 4.78 is 24.7. The van der Waals surface area contributed by atoms with E-state index in [-0.39, 0.29) is 18.5 Å². The first-order valence-corrected chi connectivity index (χ1v) is 12.8. The van der Waals surface area contributed by atoms with Crippen molar-refractivity contribution in [1.82, 2.24) is 0 Å². The average Bonchev–Trinajstić information content (AvgIpc) is 3.17. The first-order valence-electron chi connectivity index (χ1n) is 12.8. The van der Waals surface area contributed by atoms with Crippen molar-refractivity contribution in [3.8, 4) is 0 Å². The van der Waals surface area contributed by atoms with Crippen LogP contribution >= 0.6 is 0 Å². The SMILES string of the molecule is C=C[C@@]1(C)CC[C@@]2(O1)C(C)=CC[C@@H]1C(C)(C)[C@H](OC(C)=O)[C@H](OC(=O)/C(C)=C\C)C[C@@]12COC(C)=O. The van der Waals surface area contributed by atoms with Gasteiger partial charge in [0.25, 0.3) is 0 Å². The molecule has 0 amide bonds. The van der Waals surface area contributed by atoms with E-state index in [4.69, 9.17) is 18.9 Å². The van der Waals surface area contributed by atoms with Crippen molar-refractivity contribution in [2.24, 2.45) is 16.7 Å². The highest BCUT2D eigenvalue weighted by Gasteiger charge is 2.71. The summed E-state index contributed by atoms with van der Waals surface area (Å²) in [4.78, 5) is 37.3. The van der Waals surface area contributed by atoms with E-state index >= 15 is 0 Å². The Morgan fingerprint density at radius 2 is 1.78 bits per heavy atom. The van der Waals surface area contributed by atoms with Gasteiger partial charge < -0.3 is 18.9 Å². The lowest BCUT2D eigenvalue weighted by Crippen LogP contribution is -2.69. The second kappa shape index (κ2) is 9.81. The van der Waals surface area contributed by atoms with E-state index < -0.39 is 46.2 Å². The molecule has 0 aromatic carbocycles. The van der Waals surface area contributed by atoms with Crippen molar-refractivity contribution in [2.75, 3.05) is 6.61 Å². The number of allylic oxidation sites excluding steroid dienone is 2. The molecular formula is C29H42O7. The van der Waals surface area contributed by atoms with Gasteiger partial charge in [-0.05, 0) is 58.4 Å². The molecule has 3 rings (SSSR count). The molecule has 36 heavy (non-hydrogen) atoms. The number of rotatable bonds is 6. The Balaban J connectivity index is 2.23. The van der Waals surface area contributed by atoms with Crippen LogP contribution in [0.15, 0.2) is 36.0 Å². The number of carbonyl (C=O) groups excluding carboxylic acids is 3. The molecule has 0 N–H and O–H groups in total. The summed E-state index contributed by atoms with van der Waals surface area (Å²) in [6.07, 6.45) is 6.80. The highest BCUT2D eigenvalue weighted by atomic mass is 16.6. The van der Waals surface area contributed by atoms with Gasteiger partial charge in [0, 0.05) is 36.7 Å². The van der Waals surface area contributed by atoms with Crippen LogP contribution in [0.3, 0.4) is 0 Å². The van der Waals surface area contributed by atoms with Gasteiger partial charge in [-0.2, -0.15) is 0 Å². The lowest BCUT2D eigenvalue weighted by Gasteiger charge is -2.64. The highest BCUT2D eigenvalue weighted by Crippen LogP contribution is 2.67. The van der Waals surface area contributed by atoms with Crippen molar-refractivity contribution in [1.29, 1.82) is 0 Å². The van der Waals surface area contributed by atoms with Crippen LogP contribution in [0.25, 0.3) is 0 Å². The topological polar surface area (TPSA) is 88.1 Å². The summed E-state index contributed by atoms with van der Waals surface area (Å²) >= 11 is 0.